The van der Waals surface area contributed by atoms with Crippen molar-refractivity contribution in [3.8, 4) is 0 Å². The van der Waals surface area contributed by atoms with E-state index in [2.05, 4.69) is 11.5 Å². The summed E-state index contributed by atoms with van der Waals surface area (Å²) in [6, 6.07) is 0.136. The molecule has 1 rings (SSSR count). The molecule has 0 saturated carbocycles. The molecule has 0 aromatic heterocycles. The van der Waals surface area contributed by atoms with Crippen LogP contribution in [-0.2, 0) is 4.79 Å². The van der Waals surface area contributed by atoms with Gasteiger partial charge in [0.1, 0.15) is 0 Å². The molecule has 1 unspecified atom stereocenters. The van der Waals surface area contributed by atoms with Crippen LogP contribution in [0, 0.1) is 0 Å². The molecule has 4 heteroatoms. The van der Waals surface area contributed by atoms with E-state index >= 15 is 0 Å². The molecule has 1 saturated heterocycles. The Morgan fingerprint density at radius 3 is 2.86 bits per heavy atom. The highest BCUT2D eigenvalue weighted by molar-refractivity contribution is 6.29. The van der Waals surface area contributed by atoms with E-state index in [1.807, 2.05) is 0 Å². The van der Waals surface area contributed by atoms with E-state index in [-0.39, 0.29) is 12.5 Å². The predicted octanol–water partition coefficient (Wildman–Crippen LogP) is 2.07. The second kappa shape index (κ2) is 5.37. The van der Waals surface area contributed by atoms with E-state index in [9.17, 15) is 4.79 Å². The minimum Gasteiger partial charge on any atom is -0.481 e. The molecule has 1 aliphatic rings. The van der Waals surface area contributed by atoms with Crippen LogP contribution in [0.3, 0.4) is 0 Å². The fourth-order valence-electron chi connectivity index (χ4n) is 1.92. The Kier molecular flexibility index (Phi) is 4.42. The van der Waals surface area contributed by atoms with Crippen molar-refractivity contribution < 1.29 is 9.90 Å². The topological polar surface area (TPSA) is 40.5 Å². The lowest BCUT2D eigenvalue weighted by atomic mass is 9.99. The molecule has 1 heterocycles. The van der Waals surface area contributed by atoms with Crippen molar-refractivity contribution in [2.24, 2.45) is 0 Å². The fourth-order valence-corrected chi connectivity index (χ4v) is 2.07. The lowest BCUT2D eigenvalue weighted by molar-refractivity contribution is -0.138. The Bertz CT molecular complexity index is 206. The lowest BCUT2D eigenvalue weighted by Gasteiger charge is -2.34. The summed E-state index contributed by atoms with van der Waals surface area (Å²) in [5.74, 6) is -0.734. The first kappa shape index (κ1) is 11.5. The van der Waals surface area contributed by atoms with Crippen molar-refractivity contribution in [1.82, 2.24) is 4.90 Å². The van der Waals surface area contributed by atoms with Gasteiger partial charge in [-0.25, -0.2) is 0 Å². The van der Waals surface area contributed by atoms with Crippen LogP contribution in [0.15, 0.2) is 11.6 Å². The van der Waals surface area contributed by atoms with Crippen molar-refractivity contribution >= 4 is 17.6 Å². The monoisotopic (exact) mass is 217 g/mol. The minimum absolute atomic E-state index is 0.136. The largest absolute Gasteiger partial charge is 0.481 e. The first-order valence-electron chi connectivity index (χ1n) is 4.88. The number of likely N-dealkylation sites (tertiary alicyclic amines) is 1. The molecule has 1 aliphatic heterocycles. The van der Waals surface area contributed by atoms with Crippen molar-refractivity contribution in [2.75, 3.05) is 13.1 Å². The fraction of sp³-hybridized carbons (Fsp3) is 0.700. The van der Waals surface area contributed by atoms with Crippen LogP contribution in [0.1, 0.15) is 25.7 Å². The van der Waals surface area contributed by atoms with Gasteiger partial charge in [0.25, 0.3) is 0 Å². The van der Waals surface area contributed by atoms with Gasteiger partial charge in [-0.15, -0.1) is 0 Å². The SMILES string of the molecule is C=C(Cl)CN1CCCCC1CC(=O)O. The van der Waals surface area contributed by atoms with Gasteiger partial charge >= 0.3 is 5.97 Å². The lowest BCUT2D eigenvalue weighted by Crippen LogP contribution is -2.41. The van der Waals surface area contributed by atoms with E-state index in [4.69, 9.17) is 16.7 Å². The molecule has 80 valence electrons. The molecule has 1 fully saturated rings. The third-order valence-corrected chi connectivity index (χ3v) is 2.65. The maximum Gasteiger partial charge on any atom is 0.304 e. The standard InChI is InChI=1S/C10H16ClNO2/c1-8(11)7-12-5-3-2-4-9(12)6-10(13)14/h9H,1-7H2,(H,13,14). The maximum atomic E-state index is 10.6. The highest BCUT2D eigenvalue weighted by Gasteiger charge is 2.24. The zero-order valence-corrected chi connectivity index (χ0v) is 8.96. The van der Waals surface area contributed by atoms with Gasteiger partial charge in [-0.1, -0.05) is 24.6 Å². The predicted molar refractivity (Wildman–Crippen MR) is 56.5 cm³/mol. The van der Waals surface area contributed by atoms with Gasteiger partial charge in [0.05, 0.1) is 6.42 Å². The van der Waals surface area contributed by atoms with Crippen molar-refractivity contribution in [3.63, 3.8) is 0 Å². The Balaban J connectivity index is 2.49. The molecule has 0 amide bonds. The second-order valence-electron chi connectivity index (χ2n) is 3.74. The highest BCUT2D eigenvalue weighted by atomic mass is 35.5. The molecule has 0 radical (unpaired) electrons. The van der Waals surface area contributed by atoms with Crippen LogP contribution >= 0.6 is 11.6 Å². The molecule has 1 N–H and O–H groups in total. The average Bonchev–Trinajstić information content (AvgIpc) is 2.06. The third-order valence-electron chi connectivity index (χ3n) is 2.53. The Morgan fingerprint density at radius 1 is 1.57 bits per heavy atom. The third kappa shape index (κ3) is 3.68. The van der Waals surface area contributed by atoms with E-state index in [1.165, 1.54) is 0 Å². The van der Waals surface area contributed by atoms with Crippen LogP contribution in [-0.4, -0.2) is 35.1 Å². The summed E-state index contributed by atoms with van der Waals surface area (Å²) in [4.78, 5) is 12.7. The first-order chi connectivity index (χ1) is 6.59. The Morgan fingerprint density at radius 2 is 2.29 bits per heavy atom. The summed E-state index contributed by atoms with van der Waals surface area (Å²) < 4.78 is 0. The molecular formula is C10H16ClNO2. The molecule has 0 aromatic rings. The summed E-state index contributed by atoms with van der Waals surface area (Å²) >= 11 is 5.73. The normalized spacial score (nSPS) is 23.4. The molecule has 0 aromatic carbocycles. The number of piperidine rings is 1. The van der Waals surface area contributed by atoms with Gasteiger partial charge in [0, 0.05) is 17.6 Å². The summed E-state index contributed by atoms with van der Waals surface area (Å²) in [5, 5.41) is 9.32. The van der Waals surface area contributed by atoms with Crippen LogP contribution < -0.4 is 0 Å². The molecule has 0 spiro atoms. The quantitative estimate of drug-likeness (QED) is 0.784. The van der Waals surface area contributed by atoms with E-state index in [0.717, 1.165) is 25.8 Å². The molecule has 3 nitrogen and oxygen atoms in total. The van der Waals surface area contributed by atoms with Gasteiger partial charge in [0.2, 0.25) is 0 Å². The molecule has 0 bridgehead atoms. The highest BCUT2D eigenvalue weighted by Crippen LogP contribution is 2.21. The van der Waals surface area contributed by atoms with Gasteiger partial charge < -0.3 is 5.11 Å². The number of halogens is 1. The maximum absolute atomic E-state index is 10.6. The number of carbonyl (C=O) groups is 1. The number of hydrogen-bond donors (Lipinski definition) is 1. The minimum atomic E-state index is -0.734. The molecule has 14 heavy (non-hydrogen) atoms. The van der Waals surface area contributed by atoms with Crippen molar-refractivity contribution in [3.05, 3.63) is 11.6 Å². The zero-order chi connectivity index (χ0) is 10.6. The number of rotatable bonds is 4. The Hall–Kier alpha value is -0.540. The summed E-state index contributed by atoms with van der Waals surface area (Å²) in [6.45, 7) is 5.18. The number of aliphatic carboxylic acids is 1. The summed E-state index contributed by atoms with van der Waals surface area (Å²) in [5.41, 5.74) is 0. The molecular weight excluding hydrogens is 202 g/mol. The number of carboxylic acids is 1. The molecule has 0 aliphatic carbocycles. The summed E-state index contributed by atoms with van der Waals surface area (Å²) in [7, 11) is 0. The van der Waals surface area contributed by atoms with Crippen LogP contribution in [0.5, 0.6) is 0 Å². The van der Waals surface area contributed by atoms with Gasteiger partial charge in [0.15, 0.2) is 0 Å². The smallest absolute Gasteiger partial charge is 0.304 e. The van der Waals surface area contributed by atoms with Crippen molar-refractivity contribution in [2.45, 2.75) is 31.7 Å². The van der Waals surface area contributed by atoms with Gasteiger partial charge in [-0.2, -0.15) is 0 Å². The van der Waals surface area contributed by atoms with Gasteiger partial charge in [-0.3, -0.25) is 9.69 Å². The van der Waals surface area contributed by atoms with Gasteiger partial charge in [-0.05, 0) is 19.4 Å². The number of nitrogens with zero attached hydrogens (tertiary/aromatic N) is 1. The Labute approximate surface area is 89.3 Å². The van der Waals surface area contributed by atoms with E-state index in [1.54, 1.807) is 0 Å². The molecule has 1 atom stereocenters. The second-order valence-corrected chi connectivity index (χ2v) is 4.27. The van der Waals surface area contributed by atoms with Crippen molar-refractivity contribution in [1.29, 1.82) is 0 Å². The average molecular weight is 218 g/mol. The number of hydrogen-bond acceptors (Lipinski definition) is 2. The van der Waals surface area contributed by atoms with Crippen LogP contribution in [0.4, 0.5) is 0 Å². The first-order valence-corrected chi connectivity index (χ1v) is 5.26. The zero-order valence-electron chi connectivity index (χ0n) is 8.21. The van der Waals surface area contributed by atoms with Crippen LogP contribution in [0.2, 0.25) is 0 Å². The van der Waals surface area contributed by atoms with E-state index in [0.29, 0.717) is 11.6 Å². The summed E-state index contributed by atoms with van der Waals surface area (Å²) in [6.07, 6.45) is 3.41. The number of carboxylic acid groups (broad SMARTS) is 1. The van der Waals surface area contributed by atoms with Crippen LogP contribution in [0.25, 0.3) is 0 Å². The van der Waals surface area contributed by atoms with E-state index < -0.39 is 5.97 Å².